The lowest BCUT2D eigenvalue weighted by Gasteiger charge is -2.32. The van der Waals surface area contributed by atoms with Gasteiger partial charge in [0.05, 0.1) is 0 Å². The highest BCUT2D eigenvalue weighted by Gasteiger charge is 2.24. The second-order valence-corrected chi connectivity index (χ2v) is 6.88. The van der Waals surface area contributed by atoms with Crippen LogP contribution in [-0.2, 0) is 4.79 Å². The van der Waals surface area contributed by atoms with Gasteiger partial charge in [-0.3, -0.25) is 9.59 Å². The number of nitrogens with zero attached hydrogens (tertiary/aromatic N) is 3. The van der Waals surface area contributed by atoms with Crippen molar-refractivity contribution in [1.29, 1.82) is 0 Å². The fourth-order valence-corrected chi connectivity index (χ4v) is 3.14. The number of aromatic nitrogens is 2. The van der Waals surface area contributed by atoms with Gasteiger partial charge in [0.2, 0.25) is 11.9 Å². The Kier molecular flexibility index (Phi) is 6.01. The van der Waals surface area contributed by atoms with E-state index in [9.17, 15) is 9.59 Å². The van der Waals surface area contributed by atoms with Gasteiger partial charge < -0.3 is 15.5 Å². The van der Waals surface area contributed by atoms with Crippen molar-refractivity contribution in [1.82, 2.24) is 20.6 Å². The van der Waals surface area contributed by atoms with Crippen molar-refractivity contribution < 1.29 is 9.59 Å². The molecule has 27 heavy (non-hydrogen) atoms. The minimum atomic E-state index is -0.589. The molecule has 0 saturated carbocycles. The third-order valence-corrected chi connectivity index (χ3v) is 4.70. The van der Waals surface area contributed by atoms with Crippen LogP contribution in [0.15, 0.2) is 42.7 Å². The normalized spacial score (nSPS) is 15.9. The van der Waals surface area contributed by atoms with Crippen LogP contribution in [0.25, 0.3) is 0 Å². The van der Waals surface area contributed by atoms with Crippen LogP contribution in [0.4, 0.5) is 5.95 Å². The van der Waals surface area contributed by atoms with Crippen LogP contribution in [0, 0.1) is 6.92 Å². The van der Waals surface area contributed by atoms with Gasteiger partial charge in [0.15, 0.2) is 0 Å². The molecule has 142 valence electrons. The highest BCUT2D eigenvalue weighted by atomic mass is 16.2. The van der Waals surface area contributed by atoms with E-state index in [1.54, 1.807) is 37.5 Å². The average molecular weight is 367 g/mol. The molecule has 0 unspecified atom stereocenters. The van der Waals surface area contributed by atoms with Crippen molar-refractivity contribution in [2.75, 3.05) is 18.0 Å². The van der Waals surface area contributed by atoms with Gasteiger partial charge in [-0.15, -0.1) is 0 Å². The van der Waals surface area contributed by atoms with E-state index in [-0.39, 0.29) is 17.9 Å². The lowest BCUT2D eigenvalue weighted by molar-refractivity contribution is -0.123. The Morgan fingerprint density at radius 2 is 1.85 bits per heavy atom. The van der Waals surface area contributed by atoms with E-state index in [1.165, 1.54) is 0 Å². The van der Waals surface area contributed by atoms with Crippen LogP contribution in [0.5, 0.6) is 0 Å². The van der Waals surface area contributed by atoms with Gasteiger partial charge in [-0.2, -0.15) is 0 Å². The van der Waals surface area contributed by atoms with Gasteiger partial charge in [0.25, 0.3) is 5.91 Å². The zero-order chi connectivity index (χ0) is 19.2. The number of aryl methyl sites for hydroxylation is 1. The van der Waals surface area contributed by atoms with Gasteiger partial charge >= 0.3 is 0 Å². The maximum Gasteiger partial charge on any atom is 0.251 e. The zero-order valence-corrected chi connectivity index (χ0v) is 15.7. The zero-order valence-electron chi connectivity index (χ0n) is 15.7. The standard InChI is InChI=1S/C20H25N5O2/c1-14-5-3-6-16(13-14)19(27)23-15(2)18(26)24-17-7-11-25(12-8-17)20-21-9-4-10-22-20/h3-6,9-10,13,15,17H,7-8,11-12H2,1-2H3,(H,23,27)(H,24,26)/t15-/m0/s1. The number of carbonyl (C=O) groups is 2. The number of rotatable bonds is 5. The lowest BCUT2D eigenvalue weighted by atomic mass is 10.0. The molecule has 1 aromatic carbocycles. The van der Waals surface area contributed by atoms with E-state index in [1.807, 2.05) is 19.1 Å². The van der Waals surface area contributed by atoms with Crippen molar-refractivity contribution >= 4 is 17.8 Å². The summed E-state index contributed by atoms with van der Waals surface area (Å²) in [5.41, 5.74) is 1.57. The van der Waals surface area contributed by atoms with E-state index in [2.05, 4.69) is 25.5 Å². The molecule has 2 amide bonds. The molecular formula is C20H25N5O2. The number of hydrogen-bond acceptors (Lipinski definition) is 5. The van der Waals surface area contributed by atoms with Crippen molar-refractivity contribution in [3.63, 3.8) is 0 Å². The van der Waals surface area contributed by atoms with Crippen LogP contribution in [-0.4, -0.2) is 47.0 Å². The summed E-state index contributed by atoms with van der Waals surface area (Å²) in [6.07, 6.45) is 5.11. The highest BCUT2D eigenvalue weighted by molar-refractivity contribution is 5.97. The smallest absolute Gasteiger partial charge is 0.251 e. The fraction of sp³-hybridized carbons (Fsp3) is 0.400. The number of carbonyl (C=O) groups excluding carboxylic acids is 2. The molecule has 1 saturated heterocycles. The van der Waals surface area contributed by atoms with E-state index in [0.29, 0.717) is 5.56 Å². The summed E-state index contributed by atoms with van der Waals surface area (Å²) >= 11 is 0. The Morgan fingerprint density at radius 1 is 1.15 bits per heavy atom. The third kappa shape index (κ3) is 5.03. The Morgan fingerprint density at radius 3 is 2.52 bits per heavy atom. The van der Waals surface area contributed by atoms with Crippen LogP contribution in [0.1, 0.15) is 35.7 Å². The molecule has 7 heteroatoms. The summed E-state index contributed by atoms with van der Waals surface area (Å²) < 4.78 is 0. The summed E-state index contributed by atoms with van der Waals surface area (Å²) in [4.78, 5) is 35.4. The van der Waals surface area contributed by atoms with Gasteiger partial charge in [0.1, 0.15) is 6.04 Å². The first kappa shape index (κ1) is 18.8. The summed E-state index contributed by atoms with van der Waals surface area (Å²) in [6, 6.07) is 8.61. The minimum absolute atomic E-state index is 0.0933. The molecule has 2 heterocycles. The summed E-state index contributed by atoms with van der Waals surface area (Å²) in [6.45, 7) is 5.22. The fourth-order valence-electron chi connectivity index (χ4n) is 3.14. The number of hydrogen-bond donors (Lipinski definition) is 2. The van der Waals surface area contributed by atoms with Gasteiger partial charge in [0, 0.05) is 37.1 Å². The maximum absolute atomic E-state index is 12.4. The van der Waals surface area contributed by atoms with Gasteiger partial charge in [-0.25, -0.2) is 9.97 Å². The lowest BCUT2D eigenvalue weighted by Crippen LogP contribution is -2.51. The molecule has 7 nitrogen and oxygen atoms in total. The molecule has 0 aliphatic carbocycles. The molecule has 0 bridgehead atoms. The topological polar surface area (TPSA) is 87.2 Å². The molecule has 1 aromatic heterocycles. The number of nitrogens with one attached hydrogen (secondary N) is 2. The van der Waals surface area contributed by atoms with Gasteiger partial charge in [-0.05, 0) is 44.9 Å². The second-order valence-electron chi connectivity index (χ2n) is 6.88. The second kappa shape index (κ2) is 8.62. The van der Waals surface area contributed by atoms with E-state index < -0.39 is 6.04 Å². The van der Waals surface area contributed by atoms with E-state index >= 15 is 0 Å². The van der Waals surface area contributed by atoms with E-state index in [4.69, 9.17) is 0 Å². The number of anilines is 1. The first-order valence-corrected chi connectivity index (χ1v) is 9.23. The number of piperidine rings is 1. The van der Waals surface area contributed by atoms with Crippen LogP contribution < -0.4 is 15.5 Å². The molecule has 3 rings (SSSR count). The van der Waals surface area contributed by atoms with Gasteiger partial charge in [-0.1, -0.05) is 17.7 Å². The number of benzene rings is 1. The number of amides is 2. The van der Waals surface area contributed by atoms with Crippen molar-refractivity contribution in [3.8, 4) is 0 Å². The molecule has 0 spiro atoms. The minimum Gasteiger partial charge on any atom is -0.351 e. The SMILES string of the molecule is Cc1cccc(C(=O)N[C@@H](C)C(=O)NC2CCN(c3ncccn3)CC2)c1. The average Bonchev–Trinajstić information content (AvgIpc) is 2.69. The Labute approximate surface area is 159 Å². The molecule has 1 fully saturated rings. The Balaban J connectivity index is 1.47. The first-order valence-electron chi connectivity index (χ1n) is 9.23. The first-order chi connectivity index (χ1) is 13.0. The highest BCUT2D eigenvalue weighted by Crippen LogP contribution is 2.15. The molecule has 1 aliphatic rings. The van der Waals surface area contributed by atoms with Crippen LogP contribution in [0.3, 0.4) is 0 Å². The monoisotopic (exact) mass is 367 g/mol. The summed E-state index contributed by atoms with van der Waals surface area (Å²) in [5.74, 6) is 0.323. The van der Waals surface area contributed by atoms with Crippen LogP contribution in [0.2, 0.25) is 0 Å². The molecule has 2 N–H and O–H groups in total. The Hall–Kier alpha value is -2.96. The van der Waals surface area contributed by atoms with E-state index in [0.717, 1.165) is 37.4 Å². The third-order valence-electron chi connectivity index (χ3n) is 4.70. The van der Waals surface area contributed by atoms with Crippen molar-refractivity contribution in [2.45, 2.75) is 38.8 Å². The maximum atomic E-state index is 12.4. The predicted octanol–water partition coefficient (Wildman–Crippen LogP) is 1.69. The molecule has 0 radical (unpaired) electrons. The molecular weight excluding hydrogens is 342 g/mol. The summed E-state index contributed by atoms with van der Waals surface area (Å²) in [7, 11) is 0. The quantitative estimate of drug-likeness (QED) is 0.840. The van der Waals surface area contributed by atoms with Crippen LogP contribution >= 0.6 is 0 Å². The summed E-state index contributed by atoms with van der Waals surface area (Å²) in [5, 5.41) is 5.80. The van der Waals surface area contributed by atoms with Crippen molar-refractivity contribution in [3.05, 3.63) is 53.9 Å². The van der Waals surface area contributed by atoms with Crippen molar-refractivity contribution in [2.24, 2.45) is 0 Å². The molecule has 1 atom stereocenters. The molecule has 2 aromatic rings. The Bertz CT molecular complexity index is 788. The largest absolute Gasteiger partial charge is 0.351 e. The molecule has 1 aliphatic heterocycles. The predicted molar refractivity (Wildman–Crippen MR) is 104 cm³/mol.